The summed E-state index contributed by atoms with van der Waals surface area (Å²) in [5, 5.41) is 8.87. The first kappa shape index (κ1) is 18.9. The van der Waals surface area contributed by atoms with Crippen molar-refractivity contribution in [3.05, 3.63) is 35.1 Å². The Balaban J connectivity index is 2.05. The summed E-state index contributed by atoms with van der Waals surface area (Å²) < 4.78 is 19.1. The number of carbonyl (C=O) groups is 3. The highest BCUT2D eigenvalue weighted by molar-refractivity contribution is 5.94. The minimum Gasteiger partial charge on any atom is -0.480 e. The van der Waals surface area contributed by atoms with Crippen LogP contribution in [0.4, 0.5) is 4.39 Å². The normalized spacial score (nSPS) is 17.2. The van der Waals surface area contributed by atoms with Gasteiger partial charge in [-0.15, -0.1) is 0 Å². The Morgan fingerprint density at radius 3 is 2.68 bits per heavy atom. The first-order valence-corrected chi connectivity index (χ1v) is 7.91. The number of hydrogen-bond acceptors (Lipinski definition) is 4. The van der Waals surface area contributed by atoms with Crippen LogP contribution in [0.15, 0.2) is 18.2 Å². The van der Waals surface area contributed by atoms with Crippen LogP contribution < -0.4 is 0 Å². The summed E-state index contributed by atoms with van der Waals surface area (Å²) in [5.41, 5.74) is 0.907. The van der Waals surface area contributed by atoms with Gasteiger partial charge >= 0.3 is 5.97 Å². The van der Waals surface area contributed by atoms with Crippen molar-refractivity contribution in [1.82, 2.24) is 9.80 Å². The second kappa shape index (κ2) is 8.06. The van der Waals surface area contributed by atoms with Crippen LogP contribution in [0.3, 0.4) is 0 Å². The molecule has 0 bridgehead atoms. The zero-order valence-electron chi connectivity index (χ0n) is 14.2. The van der Waals surface area contributed by atoms with Crippen LogP contribution in [0.1, 0.15) is 22.8 Å². The van der Waals surface area contributed by atoms with Crippen LogP contribution in [0.25, 0.3) is 0 Å². The largest absolute Gasteiger partial charge is 0.480 e. The molecule has 7 nitrogen and oxygen atoms in total. The van der Waals surface area contributed by atoms with Gasteiger partial charge in [0.1, 0.15) is 12.4 Å². The number of carbonyl (C=O) groups excluding carboxylic acids is 2. The highest BCUT2D eigenvalue weighted by Gasteiger charge is 2.28. The minimum absolute atomic E-state index is 0.0770. The standard InChI is InChI=1S/C17H21FN2O5/c1-11-5-13(7-14(18)6-11)17(24)19-3-4-25-15(8-19)9-20(12(2)21)10-16(22)23/h5-7,15H,3-4,8-10H2,1-2H3,(H,22,23). The predicted octanol–water partition coefficient (Wildman–Crippen LogP) is 0.908. The number of hydrogen-bond donors (Lipinski definition) is 1. The summed E-state index contributed by atoms with van der Waals surface area (Å²) in [6.07, 6.45) is -0.490. The second-order valence-electron chi connectivity index (χ2n) is 6.05. The number of morpholine rings is 1. The lowest BCUT2D eigenvalue weighted by molar-refractivity contribution is -0.145. The molecule has 25 heavy (non-hydrogen) atoms. The summed E-state index contributed by atoms with van der Waals surface area (Å²) in [7, 11) is 0. The maximum absolute atomic E-state index is 13.5. The zero-order chi connectivity index (χ0) is 18.6. The van der Waals surface area contributed by atoms with E-state index < -0.39 is 24.4 Å². The number of carboxylic acids is 1. The molecule has 1 aromatic rings. The van der Waals surface area contributed by atoms with Crippen LogP contribution in [0, 0.1) is 12.7 Å². The number of carboxylic acid groups (broad SMARTS) is 1. The van der Waals surface area contributed by atoms with Gasteiger partial charge in [-0.3, -0.25) is 14.4 Å². The van der Waals surface area contributed by atoms with Gasteiger partial charge in [-0.2, -0.15) is 0 Å². The van der Waals surface area contributed by atoms with Gasteiger partial charge in [0.2, 0.25) is 5.91 Å². The van der Waals surface area contributed by atoms with Crippen molar-refractivity contribution in [2.45, 2.75) is 20.0 Å². The molecule has 1 N–H and O–H groups in total. The Morgan fingerprint density at radius 1 is 1.36 bits per heavy atom. The molecule has 1 unspecified atom stereocenters. The van der Waals surface area contributed by atoms with Crippen molar-refractivity contribution < 1.29 is 28.6 Å². The van der Waals surface area contributed by atoms with E-state index in [1.165, 1.54) is 24.0 Å². The van der Waals surface area contributed by atoms with Crippen molar-refractivity contribution in [2.24, 2.45) is 0 Å². The highest BCUT2D eigenvalue weighted by atomic mass is 19.1. The molecule has 1 fully saturated rings. The third-order valence-electron chi connectivity index (χ3n) is 3.91. The molecule has 1 aliphatic rings. The molecule has 2 rings (SSSR count). The molecular weight excluding hydrogens is 331 g/mol. The van der Waals surface area contributed by atoms with Gasteiger partial charge < -0.3 is 19.6 Å². The SMILES string of the molecule is CC(=O)N(CC(=O)O)CC1CN(C(=O)c2cc(C)cc(F)c2)CCO1. The van der Waals surface area contributed by atoms with E-state index in [-0.39, 0.29) is 37.1 Å². The Labute approximate surface area is 145 Å². The summed E-state index contributed by atoms with van der Waals surface area (Å²) in [6, 6.07) is 4.14. The van der Waals surface area contributed by atoms with Gasteiger partial charge in [0.05, 0.1) is 12.7 Å². The second-order valence-corrected chi connectivity index (χ2v) is 6.05. The fraction of sp³-hybridized carbons (Fsp3) is 0.471. The van der Waals surface area contributed by atoms with E-state index in [0.717, 1.165) is 4.90 Å². The van der Waals surface area contributed by atoms with Crippen molar-refractivity contribution in [3.63, 3.8) is 0 Å². The molecule has 0 radical (unpaired) electrons. The molecule has 2 amide bonds. The van der Waals surface area contributed by atoms with Crippen molar-refractivity contribution in [1.29, 1.82) is 0 Å². The quantitative estimate of drug-likeness (QED) is 0.851. The lowest BCUT2D eigenvalue weighted by atomic mass is 10.1. The average molecular weight is 352 g/mol. The van der Waals surface area contributed by atoms with Gasteiger partial charge in [0.15, 0.2) is 0 Å². The predicted molar refractivity (Wildman–Crippen MR) is 86.7 cm³/mol. The maximum atomic E-state index is 13.5. The lowest BCUT2D eigenvalue weighted by Crippen LogP contribution is -2.51. The molecule has 0 aliphatic carbocycles. The first-order valence-electron chi connectivity index (χ1n) is 7.91. The van der Waals surface area contributed by atoms with E-state index >= 15 is 0 Å². The lowest BCUT2D eigenvalue weighted by Gasteiger charge is -2.35. The van der Waals surface area contributed by atoms with Gasteiger partial charge in [-0.05, 0) is 30.7 Å². The molecule has 136 valence electrons. The number of rotatable bonds is 5. The molecule has 0 saturated carbocycles. The topological polar surface area (TPSA) is 87.2 Å². The average Bonchev–Trinajstić information content (AvgIpc) is 2.52. The molecule has 1 saturated heterocycles. The Morgan fingerprint density at radius 2 is 2.08 bits per heavy atom. The van der Waals surface area contributed by atoms with Crippen LogP contribution in [0.2, 0.25) is 0 Å². The molecule has 1 atom stereocenters. The minimum atomic E-state index is -1.12. The molecule has 8 heteroatoms. The maximum Gasteiger partial charge on any atom is 0.323 e. The summed E-state index contributed by atoms with van der Waals surface area (Å²) in [4.78, 5) is 37.7. The molecular formula is C17H21FN2O5. The zero-order valence-corrected chi connectivity index (χ0v) is 14.2. The van der Waals surface area contributed by atoms with Crippen LogP contribution in [0.5, 0.6) is 0 Å². The van der Waals surface area contributed by atoms with Gasteiger partial charge in [0, 0.05) is 32.1 Å². The van der Waals surface area contributed by atoms with Crippen molar-refractivity contribution in [2.75, 3.05) is 32.8 Å². The van der Waals surface area contributed by atoms with E-state index in [0.29, 0.717) is 12.1 Å². The van der Waals surface area contributed by atoms with E-state index in [2.05, 4.69) is 0 Å². The van der Waals surface area contributed by atoms with Crippen LogP contribution in [-0.4, -0.2) is 71.6 Å². The summed E-state index contributed by atoms with van der Waals surface area (Å²) >= 11 is 0. The molecule has 0 aromatic heterocycles. The monoisotopic (exact) mass is 352 g/mol. The Hall–Kier alpha value is -2.48. The van der Waals surface area contributed by atoms with Gasteiger partial charge in [0.25, 0.3) is 5.91 Å². The van der Waals surface area contributed by atoms with Gasteiger partial charge in [-0.1, -0.05) is 0 Å². The molecule has 0 spiro atoms. The Bertz CT molecular complexity index is 659. The van der Waals surface area contributed by atoms with E-state index in [4.69, 9.17) is 9.84 Å². The molecule has 1 heterocycles. The number of ether oxygens (including phenoxy) is 1. The molecule has 1 aliphatic heterocycles. The third-order valence-corrected chi connectivity index (χ3v) is 3.91. The van der Waals surface area contributed by atoms with Crippen LogP contribution >= 0.6 is 0 Å². The fourth-order valence-electron chi connectivity index (χ4n) is 2.77. The number of aryl methyl sites for hydroxylation is 1. The number of benzene rings is 1. The fourth-order valence-corrected chi connectivity index (χ4v) is 2.77. The van der Waals surface area contributed by atoms with Crippen molar-refractivity contribution in [3.8, 4) is 0 Å². The third kappa shape index (κ3) is 5.25. The van der Waals surface area contributed by atoms with Crippen LogP contribution in [-0.2, 0) is 14.3 Å². The number of aliphatic carboxylic acids is 1. The Kier molecular flexibility index (Phi) is 6.08. The first-order chi connectivity index (χ1) is 11.8. The smallest absolute Gasteiger partial charge is 0.323 e. The highest BCUT2D eigenvalue weighted by Crippen LogP contribution is 2.15. The summed E-state index contributed by atoms with van der Waals surface area (Å²) in [6.45, 7) is 3.47. The molecule has 1 aromatic carbocycles. The number of halogens is 1. The number of nitrogens with zero attached hydrogens (tertiary/aromatic N) is 2. The van der Waals surface area contributed by atoms with E-state index in [1.54, 1.807) is 13.0 Å². The van der Waals surface area contributed by atoms with E-state index in [9.17, 15) is 18.8 Å². The number of amides is 2. The van der Waals surface area contributed by atoms with E-state index in [1.807, 2.05) is 0 Å². The van der Waals surface area contributed by atoms with Gasteiger partial charge in [-0.25, -0.2) is 4.39 Å². The summed E-state index contributed by atoms with van der Waals surface area (Å²) in [5.74, 6) is -2.29. The van der Waals surface area contributed by atoms with Crippen molar-refractivity contribution >= 4 is 17.8 Å².